The molecule has 6 heteroatoms. The van der Waals surface area contributed by atoms with Crippen LogP contribution in [0, 0.1) is 12.8 Å². The van der Waals surface area contributed by atoms with Crippen molar-refractivity contribution in [1.29, 1.82) is 0 Å². The first-order valence-corrected chi connectivity index (χ1v) is 9.87. The van der Waals surface area contributed by atoms with E-state index in [-0.39, 0.29) is 5.91 Å². The summed E-state index contributed by atoms with van der Waals surface area (Å²) in [7, 11) is 0. The van der Waals surface area contributed by atoms with Gasteiger partial charge in [-0.05, 0) is 43.2 Å². The maximum absolute atomic E-state index is 12.6. The molecule has 0 aliphatic carbocycles. The zero-order valence-corrected chi connectivity index (χ0v) is 15.9. The quantitative estimate of drug-likeness (QED) is 0.706. The number of carbonyl (C=O) groups excluding carboxylic acids is 1. The Bertz CT molecular complexity index is 944. The fraction of sp³-hybridized carbons (Fsp3) is 0.400. The molecule has 134 valence electrons. The fourth-order valence-corrected chi connectivity index (χ4v) is 4.04. The summed E-state index contributed by atoms with van der Waals surface area (Å²) in [5.41, 5.74) is 1.88. The Hall–Kier alpha value is -2.34. The van der Waals surface area contributed by atoms with Crippen molar-refractivity contribution in [2.75, 3.05) is 13.1 Å². The number of rotatable bonds is 3. The highest BCUT2D eigenvalue weighted by atomic mass is 32.1. The summed E-state index contributed by atoms with van der Waals surface area (Å²) in [6.07, 6.45) is 4.42. The van der Waals surface area contributed by atoms with Crippen molar-refractivity contribution in [2.24, 2.45) is 5.92 Å². The van der Waals surface area contributed by atoms with E-state index in [9.17, 15) is 4.79 Å². The van der Waals surface area contributed by atoms with E-state index >= 15 is 0 Å². The molecule has 5 nitrogen and oxygen atoms in total. The van der Waals surface area contributed by atoms with E-state index in [1.54, 1.807) is 11.3 Å². The normalized spacial score (nSPS) is 15.5. The van der Waals surface area contributed by atoms with Crippen LogP contribution in [0.1, 0.15) is 30.5 Å². The Labute approximate surface area is 157 Å². The van der Waals surface area contributed by atoms with Gasteiger partial charge in [0.25, 0.3) is 0 Å². The molecule has 1 aliphatic rings. The van der Waals surface area contributed by atoms with Gasteiger partial charge in [0.2, 0.25) is 5.91 Å². The van der Waals surface area contributed by atoms with E-state index in [2.05, 4.69) is 28.2 Å². The molecule has 26 heavy (non-hydrogen) atoms. The van der Waals surface area contributed by atoms with Crippen LogP contribution >= 0.6 is 11.3 Å². The Morgan fingerprint density at radius 1 is 1.19 bits per heavy atom. The van der Waals surface area contributed by atoms with Crippen LogP contribution in [0.15, 0.2) is 30.5 Å². The van der Waals surface area contributed by atoms with Crippen LogP contribution < -0.4 is 0 Å². The maximum Gasteiger partial charge on any atom is 0.228 e. The van der Waals surface area contributed by atoms with E-state index in [1.165, 1.54) is 0 Å². The third-order valence-corrected chi connectivity index (χ3v) is 5.91. The van der Waals surface area contributed by atoms with Crippen LogP contribution in [-0.4, -0.2) is 39.1 Å². The Kier molecular flexibility index (Phi) is 4.68. The van der Waals surface area contributed by atoms with Crippen molar-refractivity contribution in [3.05, 3.63) is 41.2 Å². The number of likely N-dealkylation sites (tertiary alicyclic amines) is 1. The molecular formula is C20H22N4OS. The van der Waals surface area contributed by atoms with E-state index in [1.807, 2.05) is 36.2 Å². The second kappa shape index (κ2) is 7.11. The Morgan fingerprint density at radius 2 is 2.00 bits per heavy atom. The van der Waals surface area contributed by atoms with Crippen molar-refractivity contribution in [3.63, 3.8) is 0 Å². The van der Waals surface area contributed by atoms with Crippen molar-refractivity contribution in [1.82, 2.24) is 20.1 Å². The van der Waals surface area contributed by atoms with Crippen molar-refractivity contribution in [3.8, 4) is 10.6 Å². The molecule has 0 atom stereocenters. The topological polar surface area (TPSA) is 59.0 Å². The van der Waals surface area contributed by atoms with Crippen LogP contribution in [0.2, 0.25) is 0 Å². The van der Waals surface area contributed by atoms with Gasteiger partial charge in [0.15, 0.2) is 0 Å². The van der Waals surface area contributed by atoms with Crippen molar-refractivity contribution >= 4 is 28.0 Å². The lowest BCUT2D eigenvalue weighted by molar-refractivity contribution is -0.131. The largest absolute Gasteiger partial charge is 0.342 e. The second-order valence-electron chi connectivity index (χ2n) is 7.10. The number of amides is 1. The smallest absolute Gasteiger partial charge is 0.228 e. The standard InChI is InChI=1S/C20H22N4OS/c1-13-5-7-24(8-6-13)19(25)11-18-10-17-9-15(3-4-16(17)12-21-18)20-23-22-14(2)26-20/h3-4,9-10,12-13H,5-8,11H2,1-2H3. The van der Waals surface area contributed by atoms with Gasteiger partial charge in [-0.15, -0.1) is 10.2 Å². The number of hydrogen-bond acceptors (Lipinski definition) is 5. The van der Waals surface area contributed by atoms with Gasteiger partial charge in [-0.2, -0.15) is 0 Å². The predicted octanol–water partition coefficient (Wildman–Crippen LogP) is 3.86. The SMILES string of the molecule is Cc1nnc(-c2ccc3cnc(CC(=O)N4CCC(C)CC4)cc3c2)s1. The van der Waals surface area contributed by atoms with Gasteiger partial charge in [-0.25, -0.2) is 0 Å². The molecule has 1 amide bonds. The number of pyridine rings is 1. The monoisotopic (exact) mass is 366 g/mol. The van der Waals surface area contributed by atoms with Crippen LogP contribution in [0.5, 0.6) is 0 Å². The number of fused-ring (bicyclic) bond motifs is 1. The number of benzene rings is 1. The van der Waals surface area contributed by atoms with Gasteiger partial charge >= 0.3 is 0 Å². The number of piperidine rings is 1. The Balaban J connectivity index is 1.55. The minimum atomic E-state index is 0.180. The molecule has 1 saturated heterocycles. The summed E-state index contributed by atoms with van der Waals surface area (Å²) < 4.78 is 0. The van der Waals surface area contributed by atoms with Crippen LogP contribution in [0.3, 0.4) is 0 Å². The molecule has 1 aliphatic heterocycles. The summed E-state index contributed by atoms with van der Waals surface area (Å²) >= 11 is 1.58. The van der Waals surface area contributed by atoms with Gasteiger partial charge in [-0.1, -0.05) is 30.4 Å². The zero-order valence-electron chi connectivity index (χ0n) is 15.1. The lowest BCUT2D eigenvalue weighted by Gasteiger charge is -2.30. The number of nitrogens with zero attached hydrogens (tertiary/aromatic N) is 4. The lowest BCUT2D eigenvalue weighted by Crippen LogP contribution is -2.38. The van der Waals surface area contributed by atoms with E-state index in [4.69, 9.17) is 0 Å². The van der Waals surface area contributed by atoms with E-state index in [0.29, 0.717) is 6.42 Å². The van der Waals surface area contributed by atoms with Gasteiger partial charge in [-0.3, -0.25) is 9.78 Å². The summed E-state index contributed by atoms with van der Waals surface area (Å²) in [5, 5.41) is 12.3. The fourth-order valence-electron chi connectivity index (χ4n) is 3.35. The Morgan fingerprint density at radius 3 is 2.73 bits per heavy atom. The first kappa shape index (κ1) is 17.1. The minimum absolute atomic E-state index is 0.180. The molecule has 3 aromatic rings. The van der Waals surface area contributed by atoms with E-state index in [0.717, 1.165) is 63.9 Å². The van der Waals surface area contributed by atoms with Gasteiger partial charge < -0.3 is 4.90 Å². The van der Waals surface area contributed by atoms with E-state index < -0.39 is 0 Å². The number of hydrogen-bond donors (Lipinski definition) is 0. The van der Waals surface area contributed by atoms with Crippen LogP contribution in [-0.2, 0) is 11.2 Å². The number of aromatic nitrogens is 3. The first-order valence-electron chi connectivity index (χ1n) is 9.05. The summed E-state index contributed by atoms with van der Waals surface area (Å²) in [6.45, 7) is 5.95. The average Bonchev–Trinajstić information content (AvgIpc) is 3.08. The highest BCUT2D eigenvalue weighted by Gasteiger charge is 2.20. The van der Waals surface area contributed by atoms with Gasteiger partial charge in [0.05, 0.1) is 12.1 Å². The molecular weight excluding hydrogens is 344 g/mol. The third-order valence-electron chi connectivity index (χ3n) is 5.02. The second-order valence-corrected chi connectivity index (χ2v) is 8.29. The molecule has 0 N–H and O–H groups in total. The van der Waals surface area contributed by atoms with Gasteiger partial charge in [0, 0.05) is 30.2 Å². The summed E-state index contributed by atoms with van der Waals surface area (Å²) in [4.78, 5) is 19.0. The molecule has 0 unspecified atom stereocenters. The highest BCUT2D eigenvalue weighted by Crippen LogP contribution is 2.27. The van der Waals surface area contributed by atoms with Crippen molar-refractivity contribution < 1.29 is 4.79 Å². The minimum Gasteiger partial charge on any atom is -0.342 e. The number of aryl methyl sites for hydroxylation is 1. The van der Waals surface area contributed by atoms with Crippen LogP contribution in [0.4, 0.5) is 0 Å². The van der Waals surface area contributed by atoms with Gasteiger partial charge in [0.1, 0.15) is 10.0 Å². The molecule has 0 saturated carbocycles. The van der Waals surface area contributed by atoms with Crippen molar-refractivity contribution in [2.45, 2.75) is 33.1 Å². The molecule has 2 aromatic heterocycles. The van der Waals surface area contributed by atoms with Crippen LogP contribution in [0.25, 0.3) is 21.3 Å². The number of carbonyl (C=O) groups is 1. The average molecular weight is 366 g/mol. The zero-order chi connectivity index (χ0) is 18.1. The maximum atomic E-state index is 12.6. The lowest BCUT2D eigenvalue weighted by atomic mass is 9.99. The molecule has 1 fully saturated rings. The molecule has 3 heterocycles. The third kappa shape index (κ3) is 3.60. The highest BCUT2D eigenvalue weighted by molar-refractivity contribution is 7.14. The molecule has 4 rings (SSSR count). The molecule has 0 radical (unpaired) electrons. The first-order chi connectivity index (χ1) is 12.6. The predicted molar refractivity (Wildman–Crippen MR) is 104 cm³/mol. The molecule has 0 spiro atoms. The molecule has 0 bridgehead atoms. The summed E-state index contributed by atoms with van der Waals surface area (Å²) in [6, 6.07) is 8.22. The molecule has 1 aromatic carbocycles. The summed E-state index contributed by atoms with van der Waals surface area (Å²) in [5.74, 6) is 0.903.